The fourth-order valence-corrected chi connectivity index (χ4v) is 3.90. The first-order valence-corrected chi connectivity index (χ1v) is 10.7. The third-order valence-electron chi connectivity index (χ3n) is 5.71. The summed E-state index contributed by atoms with van der Waals surface area (Å²) < 4.78 is 27.2. The number of carbonyl (C=O) groups is 2. The van der Waals surface area contributed by atoms with E-state index in [9.17, 15) is 9.59 Å². The zero-order valence-electron chi connectivity index (χ0n) is 20.1. The highest BCUT2D eigenvalue weighted by Gasteiger charge is 2.24. The normalized spacial score (nSPS) is 10.7. The summed E-state index contributed by atoms with van der Waals surface area (Å²) in [6, 6.07) is 15.3. The molecule has 0 saturated heterocycles. The molecule has 4 rings (SSSR count). The molecule has 0 aliphatic carbocycles. The largest absolute Gasteiger partial charge is 0.497 e. The maximum atomic E-state index is 13.3. The van der Waals surface area contributed by atoms with Crippen LogP contribution in [-0.2, 0) is 0 Å². The summed E-state index contributed by atoms with van der Waals surface area (Å²) in [5.41, 5.74) is 2.28. The summed E-state index contributed by atoms with van der Waals surface area (Å²) in [6.07, 6.45) is 0. The molecule has 4 aromatic rings. The quantitative estimate of drug-likeness (QED) is 0.347. The number of hydrogen-bond donors (Lipinski definition) is 1. The zero-order valence-corrected chi connectivity index (χ0v) is 20.1. The van der Waals surface area contributed by atoms with E-state index in [0.29, 0.717) is 50.8 Å². The van der Waals surface area contributed by atoms with Gasteiger partial charge < -0.3 is 28.7 Å². The lowest BCUT2D eigenvalue weighted by Crippen LogP contribution is -2.14. The third kappa shape index (κ3) is 4.38. The second kappa shape index (κ2) is 9.80. The van der Waals surface area contributed by atoms with Crippen LogP contribution in [0.1, 0.15) is 32.0 Å². The fraction of sp³-hybridized carbons (Fsp3) is 0.185. The standard InChI is InChI=1S/C27H25NO7/c1-15-18-13-16(28-27(30)24-22(33-4)7-6-8-23(24)34-5)9-11-21(18)35-26(15)25(29)19-14-17(31-2)10-12-20(19)32-3/h6-14H,1-5H3,(H,28,30). The molecule has 0 atom stereocenters. The lowest BCUT2D eigenvalue weighted by Gasteiger charge is -2.13. The number of nitrogens with one attached hydrogen (secondary N) is 1. The van der Waals surface area contributed by atoms with Gasteiger partial charge in [0.2, 0.25) is 5.78 Å². The van der Waals surface area contributed by atoms with Crippen molar-refractivity contribution in [1.29, 1.82) is 0 Å². The first kappa shape index (κ1) is 23.7. The molecule has 1 heterocycles. The van der Waals surface area contributed by atoms with Gasteiger partial charge in [-0.3, -0.25) is 9.59 Å². The highest BCUT2D eigenvalue weighted by Crippen LogP contribution is 2.34. The molecule has 180 valence electrons. The molecule has 3 aromatic carbocycles. The molecule has 0 radical (unpaired) electrons. The van der Waals surface area contributed by atoms with Gasteiger partial charge in [0.25, 0.3) is 5.91 Å². The average Bonchev–Trinajstić information content (AvgIpc) is 3.22. The van der Waals surface area contributed by atoms with Crippen molar-refractivity contribution in [2.45, 2.75) is 6.92 Å². The monoisotopic (exact) mass is 475 g/mol. The van der Waals surface area contributed by atoms with E-state index >= 15 is 0 Å². The number of rotatable bonds is 8. The van der Waals surface area contributed by atoms with Gasteiger partial charge in [-0.1, -0.05) is 6.07 Å². The Morgan fingerprint density at radius 3 is 2.11 bits per heavy atom. The van der Waals surface area contributed by atoms with Crippen LogP contribution < -0.4 is 24.3 Å². The molecule has 0 aliphatic rings. The molecule has 8 nitrogen and oxygen atoms in total. The summed E-state index contributed by atoms with van der Waals surface area (Å²) in [5, 5.41) is 3.56. The minimum Gasteiger partial charge on any atom is -0.497 e. The number of ether oxygens (including phenoxy) is 4. The van der Waals surface area contributed by atoms with E-state index < -0.39 is 5.91 Å². The first-order valence-electron chi connectivity index (χ1n) is 10.7. The van der Waals surface area contributed by atoms with E-state index in [0.717, 1.165) is 0 Å². The number of ketones is 1. The maximum Gasteiger partial charge on any atom is 0.263 e. The Bertz CT molecular complexity index is 1400. The molecule has 0 spiro atoms. The number of aryl methyl sites for hydroxylation is 1. The van der Waals surface area contributed by atoms with Gasteiger partial charge in [-0.15, -0.1) is 0 Å². The van der Waals surface area contributed by atoms with Crippen LogP contribution in [0.5, 0.6) is 23.0 Å². The Morgan fingerprint density at radius 1 is 0.800 bits per heavy atom. The molecule has 0 saturated carbocycles. The van der Waals surface area contributed by atoms with Crippen LogP contribution in [0.2, 0.25) is 0 Å². The van der Waals surface area contributed by atoms with Gasteiger partial charge in [-0.2, -0.15) is 0 Å². The Morgan fingerprint density at radius 2 is 1.49 bits per heavy atom. The number of amides is 1. The fourth-order valence-electron chi connectivity index (χ4n) is 3.90. The summed E-state index contributed by atoms with van der Waals surface area (Å²) in [4.78, 5) is 26.4. The van der Waals surface area contributed by atoms with Crippen LogP contribution in [0.15, 0.2) is 59.0 Å². The van der Waals surface area contributed by atoms with Crippen LogP contribution in [0.3, 0.4) is 0 Å². The molecule has 0 aliphatic heterocycles. The SMILES string of the molecule is COc1ccc(OC)c(C(=O)c2oc3ccc(NC(=O)c4c(OC)cccc4OC)cc3c2C)c1. The molecular formula is C27H25NO7. The highest BCUT2D eigenvalue weighted by atomic mass is 16.5. The minimum atomic E-state index is -0.391. The molecule has 1 aromatic heterocycles. The smallest absolute Gasteiger partial charge is 0.263 e. The number of fused-ring (bicyclic) bond motifs is 1. The van der Waals surface area contributed by atoms with Gasteiger partial charge in [0, 0.05) is 16.6 Å². The molecule has 0 fully saturated rings. The summed E-state index contributed by atoms with van der Waals surface area (Å²) in [7, 11) is 6.00. The number of methoxy groups -OCH3 is 4. The minimum absolute atomic E-state index is 0.182. The van der Waals surface area contributed by atoms with Crippen LogP contribution in [0, 0.1) is 6.92 Å². The van der Waals surface area contributed by atoms with Crippen LogP contribution in [0.4, 0.5) is 5.69 Å². The molecule has 1 N–H and O–H groups in total. The van der Waals surface area contributed by atoms with Gasteiger partial charge in [0.1, 0.15) is 34.1 Å². The Kier molecular flexibility index (Phi) is 6.64. The summed E-state index contributed by atoms with van der Waals surface area (Å²) in [5.74, 6) is 1.18. The predicted molar refractivity (Wildman–Crippen MR) is 131 cm³/mol. The first-order chi connectivity index (χ1) is 16.9. The second-order valence-electron chi connectivity index (χ2n) is 7.65. The Labute approximate surface area is 202 Å². The average molecular weight is 475 g/mol. The van der Waals surface area contributed by atoms with Crippen molar-refractivity contribution < 1.29 is 33.0 Å². The third-order valence-corrected chi connectivity index (χ3v) is 5.71. The maximum absolute atomic E-state index is 13.3. The Balaban J connectivity index is 1.69. The van der Waals surface area contributed by atoms with Crippen molar-refractivity contribution in [2.75, 3.05) is 33.8 Å². The second-order valence-corrected chi connectivity index (χ2v) is 7.65. The van der Waals surface area contributed by atoms with Crippen molar-refractivity contribution >= 4 is 28.3 Å². The van der Waals surface area contributed by atoms with E-state index in [1.807, 2.05) is 0 Å². The Hall–Kier alpha value is -4.46. The number of benzene rings is 3. The van der Waals surface area contributed by atoms with Crippen molar-refractivity contribution in [3.05, 3.63) is 77.0 Å². The van der Waals surface area contributed by atoms with Crippen molar-refractivity contribution in [1.82, 2.24) is 0 Å². The number of furan rings is 1. The van der Waals surface area contributed by atoms with E-state index in [2.05, 4.69) is 5.32 Å². The van der Waals surface area contributed by atoms with Crippen LogP contribution in [0.25, 0.3) is 11.0 Å². The molecule has 8 heteroatoms. The molecule has 0 unspecified atom stereocenters. The van der Waals surface area contributed by atoms with Crippen molar-refractivity contribution in [3.63, 3.8) is 0 Å². The van der Waals surface area contributed by atoms with E-state index in [-0.39, 0.29) is 17.1 Å². The van der Waals surface area contributed by atoms with Crippen LogP contribution >= 0.6 is 0 Å². The van der Waals surface area contributed by atoms with Gasteiger partial charge in [-0.05, 0) is 55.5 Å². The summed E-state index contributed by atoms with van der Waals surface area (Å²) in [6.45, 7) is 1.79. The van der Waals surface area contributed by atoms with E-state index in [4.69, 9.17) is 23.4 Å². The lowest BCUT2D eigenvalue weighted by molar-refractivity contribution is 0.100. The number of carbonyl (C=O) groups excluding carboxylic acids is 2. The topological polar surface area (TPSA) is 96.2 Å². The van der Waals surface area contributed by atoms with Crippen molar-refractivity contribution in [2.24, 2.45) is 0 Å². The number of hydrogen-bond acceptors (Lipinski definition) is 7. The molecule has 35 heavy (non-hydrogen) atoms. The van der Waals surface area contributed by atoms with Crippen molar-refractivity contribution in [3.8, 4) is 23.0 Å². The zero-order chi connectivity index (χ0) is 25.1. The van der Waals surface area contributed by atoms with Gasteiger partial charge in [-0.25, -0.2) is 0 Å². The van der Waals surface area contributed by atoms with Crippen LogP contribution in [-0.4, -0.2) is 40.1 Å². The molecule has 0 bridgehead atoms. The van der Waals surface area contributed by atoms with Gasteiger partial charge >= 0.3 is 0 Å². The molecular weight excluding hydrogens is 450 g/mol. The predicted octanol–water partition coefficient (Wildman–Crippen LogP) is 5.26. The van der Waals surface area contributed by atoms with E-state index in [1.54, 1.807) is 61.5 Å². The summed E-state index contributed by atoms with van der Waals surface area (Å²) >= 11 is 0. The highest BCUT2D eigenvalue weighted by molar-refractivity contribution is 6.13. The number of anilines is 1. The lowest BCUT2D eigenvalue weighted by atomic mass is 10.0. The molecule has 1 amide bonds. The van der Waals surface area contributed by atoms with Gasteiger partial charge in [0.05, 0.1) is 34.0 Å². The van der Waals surface area contributed by atoms with Gasteiger partial charge in [0.15, 0.2) is 5.76 Å². The van der Waals surface area contributed by atoms with E-state index in [1.165, 1.54) is 28.4 Å².